The second-order valence-electron chi connectivity index (χ2n) is 6.12. The molecule has 3 rings (SSSR count). The van der Waals surface area contributed by atoms with E-state index in [1.54, 1.807) is 7.11 Å². The standard InChI is InChI=1S/C19H24N4O2/c1-4-6-17-22-19(23-25-17)15-12-14-11-13(2)7-8-16(14)21-18(15)20-9-5-10-24-3/h7-8,11-12H,4-6,9-10H2,1-3H3,(H,20,21). The number of aromatic nitrogens is 3. The maximum absolute atomic E-state index is 5.36. The Labute approximate surface area is 147 Å². The minimum Gasteiger partial charge on any atom is -0.385 e. The number of rotatable bonds is 8. The van der Waals surface area contributed by atoms with Crippen molar-refractivity contribution >= 4 is 16.7 Å². The highest BCUT2D eigenvalue weighted by Gasteiger charge is 2.15. The third-order valence-electron chi connectivity index (χ3n) is 3.96. The molecule has 0 radical (unpaired) electrons. The minimum absolute atomic E-state index is 0.577. The number of pyridine rings is 1. The molecule has 132 valence electrons. The number of nitrogens with zero attached hydrogens (tertiary/aromatic N) is 3. The summed E-state index contributed by atoms with van der Waals surface area (Å²) < 4.78 is 10.5. The molecule has 0 aliphatic heterocycles. The van der Waals surface area contributed by atoms with Crippen LogP contribution >= 0.6 is 0 Å². The van der Waals surface area contributed by atoms with Crippen molar-refractivity contribution in [3.05, 3.63) is 35.7 Å². The van der Waals surface area contributed by atoms with E-state index in [4.69, 9.17) is 14.2 Å². The van der Waals surface area contributed by atoms with Crippen molar-refractivity contribution in [2.45, 2.75) is 33.1 Å². The molecule has 3 aromatic rings. The van der Waals surface area contributed by atoms with E-state index in [1.807, 2.05) is 6.07 Å². The maximum atomic E-state index is 5.36. The molecule has 1 N–H and O–H groups in total. The third kappa shape index (κ3) is 4.14. The maximum Gasteiger partial charge on any atom is 0.226 e. The van der Waals surface area contributed by atoms with Crippen LogP contribution in [0.2, 0.25) is 0 Å². The summed E-state index contributed by atoms with van der Waals surface area (Å²) in [5.41, 5.74) is 3.00. The summed E-state index contributed by atoms with van der Waals surface area (Å²) in [7, 11) is 1.70. The lowest BCUT2D eigenvalue weighted by Crippen LogP contribution is -2.07. The molecule has 0 aliphatic carbocycles. The molecule has 0 fully saturated rings. The SMILES string of the molecule is CCCc1nc(-c2cc3cc(C)ccc3nc2NCCCOC)no1. The molecule has 0 saturated carbocycles. The Morgan fingerprint density at radius 2 is 2.08 bits per heavy atom. The van der Waals surface area contributed by atoms with Gasteiger partial charge >= 0.3 is 0 Å². The van der Waals surface area contributed by atoms with Crippen LogP contribution in [-0.2, 0) is 11.2 Å². The fourth-order valence-corrected chi connectivity index (χ4v) is 2.70. The van der Waals surface area contributed by atoms with Gasteiger partial charge in [-0.15, -0.1) is 0 Å². The normalized spacial score (nSPS) is 11.2. The molecule has 0 unspecified atom stereocenters. The quantitative estimate of drug-likeness (QED) is 0.625. The van der Waals surface area contributed by atoms with E-state index in [-0.39, 0.29) is 0 Å². The van der Waals surface area contributed by atoms with Gasteiger partial charge in [-0.25, -0.2) is 4.98 Å². The zero-order chi connectivity index (χ0) is 17.6. The molecule has 2 aromatic heterocycles. The topological polar surface area (TPSA) is 73.1 Å². The lowest BCUT2D eigenvalue weighted by atomic mass is 10.1. The number of hydrogen-bond acceptors (Lipinski definition) is 6. The Morgan fingerprint density at radius 1 is 1.20 bits per heavy atom. The molecular formula is C19H24N4O2. The van der Waals surface area contributed by atoms with Crippen LogP contribution in [-0.4, -0.2) is 35.4 Å². The van der Waals surface area contributed by atoms with Gasteiger partial charge in [0.2, 0.25) is 11.7 Å². The number of methoxy groups -OCH3 is 1. The fourth-order valence-electron chi connectivity index (χ4n) is 2.70. The molecule has 0 spiro atoms. The number of hydrogen-bond donors (Lipinski definition) is 1. The van der Waals surface area contributed by atoms with Crippen molar-refractivity contribution in [2.24, 2.45) is 0 Å². The van der Waals surface area contributed by atoms with E-state index in [0.717, 1.165) is 48.1 Å². The van der Waals surface area contributed by atoms with E-state index in [1.165, 1.54) is 5.56 Å². The second kappa shape index (κ2) is 8.07. The molecule has 1 aromatic carbocycles. The van der Waals surface area contributed by atoms with Crippen molar-refractivity contribution < 1.29 is 9.26 Å². The largest absolute Gasteiger partial charge is 0.385 e. The number of aryl methyl sites for hydroxylation is 2. The summed E-state index contributed by atoms with van der Waals surface area (Å²) in [5.74, 6) is 2.01. The van der Waals surface area contributed by atoms with Gasteiger partial charge < -0.3 is 14.6 Å². The Balaban J connectivity index is 1.98. The smallest absolute Gasteiger partial charge is 0.226 e. The summed E-state index contributed by atoms with van der Waals surface area (Å²) in [6.07, 6.45) is 2.65. The molecule has 0 amide bonds. The van der Waals surface area contributed by atoms with E-state index >= 15 is 0 Å². The predicted octanol–water partition coefficient (Wildman–Crippen LogP) is 3.99. The zero-order valence-corrected chi connectivity index (χ0v) is 15.0. The average molecular weight is 340 g/mol. The summed E-state index contributed by atoms with van der Waals surface area (Å²) in [6.45, 7) is 5.64. The fraction of sp³-hybridized carbons (Fsp3) is 0.421. The lowest BCUT2D eigenvalue weighted by Gasteiger charge is -2.11. The van der Waals surface area contributed by atoms with E-state index < -0.39 is 0 Å². The van der Waals surface area contributed by atoms with E-state index in [0.29, 0.717) is 18.3 Å². The van der Waals surface area contributed by atoms with Crippen LogP contribution in [0.25, 0.3) is 22.3 Å². The Morgan fingerprint density at radius 3 is 2.88 bits per heavy atom. The molecule has 2 heterocycles. The molecule has 6 heteroatoms. The minimum atomic E-state index is 0.577. The number of ether oxygens (including phenoxy) is 1. The Kier molecular flexibility index (Phi) is 5.60. The predicted molar refractivity (Wildman–Crippen MR) is 98.7 cm³/mol. The van der Waals surface area contributed by atoms with Crippen molar-refractivity contribution in [1.82, 2.24) is 15.1 Å². The highest BCUT2D eigenvalue weighted by Crippen LogP contribution is 2.29. The van der Waals surface area contributed by atoms with Crippen LogP contribution in [0, 0.1) is 6.92 Å². The number of anilines is 1. The first-order chi connectivity index (χ1) is 12.2. The van der Waals surface area contributed by atoms with Gasteiger partial charge in [0.1, 0.15) is 5.82 Å². The summed E-state index contributed by atoms with van der Waals surface area (Å²) >= 11 is 0. The number of benzene rings is 1. The summed E-state index contributed by atoms with van der Waals surface area (Å²) in [6, 6.07) is 8.30. The van der Waals surface area contributed by atoms with Gasteiger partial charge in [-0.2, -0.15) is 4.98 Å². The molecular weight excluding hydrogens is 316 g/mol. The van der Waals surface area contributed by atoms with Crippen LogP contribution in [0.5, 0.6) is 0 Å². The van der Waals surface area contributed by atoms with Crippen LogP contribution in [0.3, 0.4) is 0 Å². The average Bonchev–Trinajstić information content (AvgIpc) is 3.07. The van der Waals surface area contributed by atoms with Gasteiger partial charge in [-0.3, -0.25) is 0 Å². The molecule has 0 aliphatic rings. The van der Waals surface area contributed by atoms with Crippen molar-refractivity contribution in [1.29, 1.82) is 0 Å². The highest BCUT2D eigenvalue weighted by molar-refractivity contribution is 5.88. The van der Waals surface area contributed by atoms with Crippen LogP contribution in [0.4, 0.5) is 5.82 Å². The number of nitrogens with one attached hydrogen (secondary N) is 1. The van der Waals surface area contributed by atoms with Gasteiger partial charge in [0.25, 0.3) is 0 Å². The summed E-state index contributed by atoms with van der Waals surface area (Å²) in [5, 5.41) is 8.60. The van der Waals surface area contributed by atoms with Crippen molar-refractivity contribution in [3.63, 3.8) is 0 Å². The Bertz CT molecular complexity index is 845. The first-order valence-electron chi connectivity index (χ1n) is 8.68. The molecule has 0 bridgehead atoms. The lowest BCUT2D eigenvalue weighted by molar-refractivity contribution is 0.198. The van der Waals surface area contributed by atoms with Gasteiger partial charge in [-0.1, -0.05) is 23.7 Å². The third-order valence-corrected chi connectivity index (χ3v) is 3.96. The second-order valence-corrected chi connectivity index (χ2v) is 6.12. The van der Waals surface area contributed by atoms with Crippen molar-refractivity contribution in [2.75, 3.05) is 25.6 Å². The molecule has 25 heavy (non-hydrogen) atoms. The first-order valence-corrected chi connectivity index (χ1v) is 8.68. The van der Waals surface area contributed by atoms with Crippen molar-refractivity contribution in [3.8, 4) is 11.4 Å². The van der Waals surface area contributed by atoms with E-state index in [9.17, 15) is 0 Å². The molecule has 6 nitrogen and oxygen atoms in total. The van der Waals surface area contributed by atoms with Gasteiger partial charge in [-0.05, 0) is 38.0 Å². The monoisotopic (exact) mass is 340 g/mol. The van der Waals surface area contributed by atoms with E-state index in [2.05, 4.69) is 47.5 Å². The first kappa shape index (κ1) is 17.4. The Hall–Kier alpha value is -2.47. The summed E-state index contributed by atoms with van der Waals surface area (Å²) in [4.78, 5) is 9.29. The van der Waals surface area contributed by atoms with Gasteiger partial charge in [0, 0.05) is 32.1 Å². The van der Waals surface area contributed by atoms with Gasteiger partial charge in [0.15, 0.2) is 0 Å². The molecule has 0 atom stereocenters. The van der Waals surface area contributed by atoms with Crippen LogP contribution < -0.4 is 5.32 Å². The van der Waals surface area contributed by atoms with Gasteiger partial charge in [0.05, 0.1) is 11.1 Å². The van der Waals surface area contributed by atoms with Crippen LogP contribution in [0.1, 0.15) is 31.2 Å². The molecule has 0 saturated heterocycles. The zero-order valence-electron chi connectivity index (χ0n) is 15.0. The number of fused-ring (bicyclic) bond motifs is 1. The highest BCUT2D eigenvalue weighted by atomic mass is 16.5. The van der Waals surface area contributed by atoms with Crippen LogP contribution in [0.15, 0.2) is 28.8 Å².